The Labute approximate surface area is 144 Å². The number of aryl methyl sites for hydroxylation is 2. The predicted octanol–water partition coefficient (Wildman–Crippen LogP) is 2.85. The summed E-state index contributed by atoms with van der Waals surface area (Å²) in [6, 6.07) is 4.70. The van der Waals surface area contributed by atoms with E-state index in [1.807, 2.05) is 13.1 Å². The number of aromatic nitrogens is 2. The van der Waals surface area contributed by atoms with E-state index in [2.05, 4.69) is 9.84 Å². The quantitative estimate of drug-likeness (QED) is 0.732. The number of alkyl halides is 2. The maximum Gasteiger partial charge on any atom is 0.387 e. The second-order valence-electron chi connectivity index (χ2n) is 5.64. The minimum Gasteiger partial charge on any atom is -0.493 e. The summed E-state index contributed by atoms with van der Waals surface area (Å²) in [6.45, 7) is -0.249. The van der Waals surface area contributed by atoms with E-state index in [0.29, 0.717) is 18.5 Å². The molecule has 8 heteroatoms. The summed E-state index contributed by atoms with van der Waals surface area (Å²) in [7, 11) is 3.04. The van der Waals surface area contributed by atoms with Gasteiger partial charge in [-0.05, 0) is 30.2 Å². The van der Waals surface area contributed by atoms with E-state index in [-0.39, 0.29) is 24.0 Å². The molecular formula is C17H21F2N3O3. The first-order valence-corrected chi connectivity index (χ1v) is 7.73. The Balaban J connectivity index is 1.96. The van der Waals surface area contributed by atoms with Crippen LogP contribution in [0.2, 0.25) is 0 Å². The molecule has 0 atom stereocenters. The average Bonchev–Trinajstić information content (AvgIpc) is 2.97. The summed E-state index contributed by atoms with van der Waals surface area (Å²) >= 11 is 0. The van der Waals surface area contributed by atoms with Gasteiger partial charge in [0.15, 0.2) is 11.5 Å². The summed E-state index contributed by atoms with van der Waals surface area (Å²) in [6.07, 6.45) is 3.90. The van der Waals surface area contributed by atoms with Crippen LogP contribution in [0.25, 0.3) is 0 Å². The van der Waals surface area contributed by atoms with Crippen LogP contribution >= 0.6 is 0 Å². The third-order valence-electron chi connectivity index (χ3n) is 3.61. The fourth-order valence-electron chi connectivity index (χ4n) is 2.36. The van der Waals surface area contributed by atoms with Gasteiger partial charge in [-0.3, -0.25) is 9.48 Å². The molecule has 0 radical (unpaired) electrons. The van der Waals surface area contributed by atoms with Gasteiger partial charge < -0.3 is 14.4 Å². The number of hydrogen-bond donors (Lipinski definition) is 0. The molecule has 0 aliphatic carbocycles. The largest absolute Gasteiger partial charge is 0.493 e. The van der Waals surface area contributed by atoms with Crippen molar-refractivity contribution in [2.45, 2.75) is 33.0 Å². The lowest BCUT2D eigenvalue weighted by Crippen LogP contribution is -2.27. The van der Waals surface area contributed by atoms with Crippen molar-refractivity contribution < 1.29 is 23.0 Å². The monoisotopic (exact) mass is 353 g/mol. The normalized spacial score (nSPS) is 10.8. The molecule has 1 aromatic heterocycles. The van der Waals surface area contributed by atoms with Crippen LogP contribution in [0.3, 0.4) is 0 Å². The third-order valence-corrected chi connectivity index (χ3v) is 3.61. The second kappa shape index (κ2) is 8.46. The Morgan fingerprint density at radius 3 is 2.72 bits per heavy atom. The van der Waals surface area contributed by atoms with Crippen molar-refractivity contribution >= 4 is 5.91 Å². The molecule has 0 unspecified atom stereocenters. The highest BCUT2D eigenvalue weighted by molar-refractivity contribution is 5.75. The number of hydrogen-bond acceptors (Lipinski definition) is 4. The van der Waals surface area contributed by atoms with Crippen molar-refractivity contribution in [3.63, 3.8) is 0 Å². The van der Waals surface area contributed by atoms with Gasteiger partial charge in [0.2, 0.25) is 5.91 Å². The van der Waals surface area contributed by atoms with Crippen molar-refractivity contribution in [3.05, 3.63) is 41.7 Å². The van der Waals surface area contributed by atoms with E-state index < -0.39 is 6.61 Å². The zero-order valence-corrected chi connectivity index (χ0v) is 14.4. The van der Waals surface area contributed by atoms with Gasteiger partial charge in [0, 0.05) is 32.8 Å². The van der Waals surface area contributed by atoms with Crippen molar-refractivity contribution in [3.8, 4) is 11.5 Å². The van der Waals surface area contributed by atoms with Crippen molar-refractivity contribution in [1.29, 1.82) is 0 Å². The minimum absolute atomic E-state index is 0.0529. The maximum absolute atomic E-state index is 12.5. The molecule has 2 rings (SSSR count). The van der Waals surface area contributed by atoms with Gasteiger partial charge in [0.05, 0.1) is 13.3 Å². The van der Waals surface area contributed by atoms with Crippen LogP contribution in [-0.4, -0.2) is 41.4 Å². The Hall–Kier alpha value is -2.64. The van der Waals surface area contributed by atoms with Crippen LogP contribution in [-0.2, 0) is 17.9 Å². The second-order valence-corrected chi connectivity index (χ2v) is 5.64. The first kappa shape index (κ1) is 18.7. The van der Waals surface area contributed by atoms with Crippen LogP contribution in [0.5, 0.6) is 11.5 Å². The van der Waals surface area contributed by atoms with E-state index >= 15 is 0 Å². The number of benzene rings is 1. The molecule has 1 heterocycles. The van der Waals surface area contributed by atoms with Crippen LogP contribution in [0.1, 0.15) is 17.5 Å². The lowest BCUT2D eigenvalue weighted by Gasteiger charge is -2.18. The zero-order valence-electron chi connectivity index (χ0n) is 14.4. The number of amides is 1. The van der Waals surface area contributed by atoms with Gasteiger partial charge in [0.1, 0.15) is 0 Å². The van der Waals surface area contributed by atoms with Crippen LogP contribution in [0.4, 0.5) is 8.78 Å². The molecule has 136 valence electrons. The van der Waals surface area contributed by atoms with Gasteiger partial charge >= 0.3 is 6.61 Å². The molecule has 1 aromatic carbocycles. The first-order chi connectivity index (χ1) is 11.9. The lowest BCUT2D eigenvalue weighted by molar-refractivity contribution is -0.130. The highest BCUT2D eigenvalue weighted by atomic mass is 19.3. The number of ether oxygens (including phenoxy) is 2. The molecule has 0 spiro atoms. The number of methoxy groups -OCH3 is 1. The summed E-state index contributed by atoms with van der Waals surface area (Å²) in [5, 5.41) is 4.13. The number of halogens is 2. The molecule has 0 aliphatic rings. The fourth-order valence-corrected chi connectivity index (χ4v) is 2.36. The number of carbonyl (C=O) groups is 1. The third kappa shape index (κ3) is 5.44. The van der Waals surface area contributed by atoms with Gasteiger partial charge in [-0.25, -0.2) is 0 Å². The molecular weight excluding hydrogens is 332 g/mol. The molecule has 6 nitrogen and oxygen atoms in total. The molecule has 1 amide bonds. The van der Waals surface area contributed by atoms with Gasteiger partial charge in [0.25, 0.3) is 0 Å². The molecule has 0 bridgehead atoms. The molecule has 0 fully saturated rings. The van der Waals surface area contributed by atoms with Gasteiger partial charge in [-0.1, -0.05) is 6.07 Å². The Bertz CT molecular complexity index is 719. The van der Waals surface area contributed by atoms with Gasteiger partial charge in [-0.2, -0.15) is 13.9 Å². The van der Waals surface area contributed by atoms with E-state index in [9.17, 15) is 13.6 Å². The van der Waals surface area contributed by atoms with E-state index in [4.69, 9.17) is 4.74 Å². The van der Waals surface area contributed by atoms with Gasteiger partial charge in [-0.15, -0.1) is 0 Å². The fraction of sp³-hybridized carbons (Fsp3) is 0.412. The summed E-state index contributed by atoms with van der Waals surface area (Å²) in [5.41, 5.74) is 1.70. The zero-order chi connectivity index (χ0) is 18.4. The number of rotatable bonds is 8. The molecule has 0 saturated carbocycles. The number of nitrogens with zero attached hydrogens (tertiary/aromatic N) is 3. The summed E-state index contributed by atoms with van der Waals surface area (Å²) < 4.78 is 36.1. The molecule has 0 aliphatic heterocycles. The molecule has 0 N–H and O–H groups in total. The highest BCUT2D eigenvalue weighted by Crippen LogP contribution is 2.29. The minimum atomic E-state index is -2.94. The van der Waals surface area contributed by atoms with E-state index in [0.717, 1.165) is 5.56 Å². The molecule has 2 aromatic rings. The van der Waals surface area contributed by atoms with Crippen molar-refractivity contribution in [2.75, 3.05) is 14.2 Å². The smallest absolute Gasteiger partial charge is 0.387 e. The maximum atomic E-state index is 12.5. The predicted molar refractivity (Wildman–Crippen MR) is 87.7 cm³/mol. The highest BCUT2D eigenvalue weighted by Gasteiger charge is 2.14. The van der Waals surface area contributed by atoms with Crippen LogP contribution in [0, 0.1) is 6.92 Å². The SMILES string of the molecule is COc1ccc(CN(C)C(=O)CCn2cc(C)cn2)cc1OC(F)F. The number of carbonyl (C=O) groups excluding carboxylic acids is 1. The molecule has 25 heavy (non-hydrogen) atoms. The van der Waals surface area contributed by atoms with E-state index in [1.54, 1.807) is 24.0 Å². The first-order valence-electron chi connectivity index (χ1n) is 7.73. The Kier molecular flexibility index (Phi) is 6.32. The Morgan fingerprint density at radius 2 is 2.12 bits per heavy atom. The molecule has 0 saturated heterocycles. The van der Waals surface area contributed by atoms with Crippen LogP contribution < -0.4 is 9.47 Å². The topological polar surface area (TPSA) is 56.6 Å². The summed E-state index contributed by atoms with van der Waals surface area (Å²) in [5.74, 6) is 0.0928. The standard InChI is InChI=1S/C17H21F2N3O3/c1-12-9-20-22(10-12)7-6-16(23)21(2)11-13-4-5-14(24-3)15(8-13)25-17(18)19/h4-5,8-10,17H,6-7,11H2,1-3H3. The van der Waals surface area contributed by atoms with E-state index in [1.165, 1.54) is 24.1 Å². The van der Waals surface area contributed by atoms with Crippen molar-refractivity contribution in [2.24, 2.45) is 0 Å². The lowest BCUT2D eigenvalue weighted by atomic mass is 10.2. The summed E-state index contributed by atoms with van der Waals surface area (Å²) in [4.78, 5) is 13.8. The Morgan fingerprint density at radius 1 is 1.36 bits per heavy atom. The van der Waals surface area contributed by atoms with Crippen LogP contribution in [0.15, 0.2) is 30.6 Å². The average molecular weight is 353 g/mol. The van der Waals surface area contributed by atoms with Crippen molar-refractivity contribution in [1.82, 2.24) is 14.7 Å².